The minimum absolute atomic E-state index is 0.0773. The van der Waals surface area contributed by atoms with Gasteiger partial charge in [0.2, 0.25) is 0 Å². The second-order valence-electron chi connectivity index (χ2n) is 6.45. The molecule has 0 aliphatic rings. The van der Waals surface area contributed by atoms with Crippen molar-refractivity contribution < 1.29 is 29.3 Å². The number of aliphatic carboxylic acids is 1. The number of benzene rings is 2. The first kappa shape index (κ1) is 24.9. The lowest BCUT2D eigenvalue weighted by Gasteiger charge is -2.28. The standard InChI is InChI=1S/C22H23Br2NO6/c1-2-30-18(10-6-7-11-19(26)27)21(16-12-14(23)13-17(24)20(16)28)31-22(29)25-15-8-4-3-5-9-15/h3-5,7-9,11-13,18,21,28H,2,6,10H2,1H3,(H,25,29)(H,26,27)/b11-7+/t18-,21-/m1/s1. The molecule has 166 valence electrons. The minimum atomic E-state index is -1.04. The van der Waals surface area contributed by atoms with Crippen molar-refractivity contribution in [3.8, 4) is 5.75 Å². The van der Waals surface area contributed by atoms with Crippen LogP contribution in [0.4, 0.5) is 10.5 Å². The molecule has 0 aliphatic heterocycles. The fourth-order valence-corrected chi connectivity index (χ4v) is 4.17. The highest BCUT2D eigenvalue weighted by atomic mass is 79.9. The summed E-state index contributed by atoms with van der Waals surface area (Å²) >= 11 is 6.69. The molecular formula is C22H23Br2NO6. The molecule has 0 radical (unpaired) electrons. The van der Waals surface area contributed by atoms with Crippen molar-refractivity contribution >= 4 is 49.6 Å². The average Bonchev–Trinajstić information content (AvgIpc) is 2.72. The van der Waals surface area contributed by atoms with Crippen LogP contribution in [0.15, 0.2) is 63.6 Å². The van der Waals surface area contributed by atoms with Crippen molar-refractivity contribution in [2.75, 3.05) is 11.9 Å². The van der Waals surface area contributed by atoms with Gasteiger partial charge in [0.25, 0.3) is 0 Å². The van der Waals surface area contributed by atoms with E-state index >= 15 is 0 Å². The Labute approximate surface area is 197 Å². The number of ether oxygens (including phenoxy) is 2. The molecule has 2 aromatic carbocycles. The zero-order chi connectivity index (χ0) is 22.8. The second kappa shape index (κ2) is 12.5. The number of carboxylic acid groups (broad SMARTS) is 1. The lowest BCUT2D eigenvalue weighted by Crippen LogP contribution is -2.29. The molecule has 0 heterocycles. The number of carbonyl (C=O) groups excluding carboxylic acids is 1. The van der Waals surface area contributed by atoms with Crippen LogP contribution in [-0.4, -0.2) is 35.0 Å². The fraction of sp³-hybridized carbons (Fsp3) is 0.273. The molecule has 0 saturated heterocycles. The quantitative estimate of drug-likeness (QED) is 0.308. The highest BCUT2D eigenvalue weighted by molar-refractivity contribution is 9.11. The maximum atomic E-state index is 12.6. The van der Waals surface area contributed by atoms with Gasteiger partial charge < -0.3 is 19.7 Å². The Balaban J connectivity index is 2.33. The number of halogens is 2. The van der Waals surface area contributed by atoms with Crippen LogP contribution in [0.2, 0.25) is 0 Å². The highest BCUT2D eigenvalue weighted by Gasteiger charge is 2.31. The lowest BCUT2D eigenvalue weighted by atomic mass is 9.99. The summed E-state index contributed by atoms with van der Waals surface area (Å²) in [6.45, 7) is 2.14. The predicted octanol–water partition coefficient (Wildman–Crippen LogP) is 6.03. The van der Waals surface area contributed by atoms with Crippen molar-refractivity contribution in [1.29, 1.82) is 0 Å². The van der Waals surface area contributed by atoms with Crippen LogP contribution >= 0.6 is 31.9 Å². The van der Waals surface area contributed by atoms with E-state index < -0.39 is 24.3 Å². The number of nitrogens with one attached hydrogen (secondary N) is 1. The van der Waals surface area contributed by atoms with Gasteiger partial charge in [-0.15, -0.1) is 0 Å². The maximum Gasteiger partial charge on any atom is 0.412 e. The summed E-state index contributed by atoms with van der Waals surface area (Å²) < 4.78 is 12.6. The molecule has 0 bridgehead atoms. The Bertz CT molecular complexity index is 920. The Morgan fingerprint density at radius 3 is 2.55 bits per heavy atom. The zero-order valence-corrected chi connectivity index (χ0v) is 19.9. The predicted molar refractivity (Wildman–Crippen MR) is 124 cm³/mol. The molecule has 1 amide bonds. The number of carboxylic acids is 1. The van der Waals surface area contributed by atoms with Crippen LogP contribution in [0.3, 0.4) is 0 Å². The van der Waals surface area contributed by atoms with Crippen molar-refractivity contribution in [2.45, 2.75) is 32.0 Å². The molecule has 31 heavy (non-hydrogen) atoms. The van der Waals surface area contributed by atoms with Crippen LogP contribution in [0, 0.1) is 0 Å². The average molecular weight is 557 g/mol. The Kier molecular flexibility index (Phi) is 10.0. The molecule has 2 aromatic rings. The van der Waals surface area contributed by atoms with Crippen molar-refractivity contribution in [1.82, 2.24) is 0 Å². The van der Waals surface area contributed by atoms with Gasteiger partial charge in [-0.05, 0) is 60.0 Å². The Morgan fingerprint density at radius 1 is 1.19 bits per heavy atom. The van der Waals surface area contributed by atoms with Gasteiger partial charge in [0.1, 0.15) is 5.75 Å². The molecule has 2 rings (SSSR count). The summed E-state index contributed by atoms with van der Waals surface area (Å²) in [4.78, 5) is 23.3. The molecule has 0 fully saturated rings. The van der Waals surface area contributed by atoms with Gasteiger partial charge in [0, 0.05) is 28.4 Å². The van der Waals surface area contributed by atoms with Crippen molar-refractivity contribution in [2.24, 2.45) is 0 Å². The van der Waals surface area contributed by atoms with E-state index in [1.807, 2.05) is 6.07 Å². The number of amides is 1. The number of hydrogen-bond donors (Lipinski definition) is 3. The van der Waals surface area contributed by atoms with Gasteiger partial charge in [-0.1, -0.05) is 40.2 Å². The van der Waals surface area contributed by atoms with Crippen molar-refractivity contribution in [3.63, 3.8) is 0 Å². The Morgan fingerprint density at radius 2 is 1.90 bits per heavy atom. The summed E-state index contributed by atoms with van der Waals surface area (Å²) in [6.07, 6.45) is 1.02. The number of allylic oxidation sites excluding steroid dienone is 1. The molecule has 0 unspecified atom stereocenters. The molecule has 0 saturated carbocycles. The van der Waals surface area contributed by atoms with E-state index in [9.17, 15) is 14.7 Å². The van der Waals surface area contributed by atoms with Gasteiger partial charge in [-0.25, -0.2) is 9.59 Å². The van der Waals surface area contributed by atoms with E-state index in [1.165, 1.54) is 6.08 Å². The summed E-state index contributed by atoms with van der Waals surface area (Å²) in [5.41, 5.74) is 0.911. The molecule has 0 aromatic heterocycles. The zero-order valence-electron chi connectivity index (χ0n) is 16.8. The maximum absolute atomic E-state index is 12.6. The number of anilines is 1. The smallest absolute Gasteiger partial charge is 0.412 e. The highest BCUT2D eigenvalue weighted by Crippen LogP contribution is 2.39. The van der Waals surface area contributed by atoms with Crippen LogP contribution in [0.5, 0.6) is 5.75 Å². The van der Waals surface area contributed by atoms with Crippen LogP contribution in [0.1, 0.15) is 31.4 Å². The number of phenols is 1. The SMILES string of the molecule is CCO[C@H](CC/C=C/C(=O)O)[C@H](OC(=O)Nc1ccccc1)c1cc(Br)cc(Br)c1O. The van der Waals surface area contributed by atoms with Crippen LogP contribution in [-0.2, 0) is 14.3 Å². The molecule has 3 N–H and O–H groups in total. The lowest BCUT2D eigenvalue weighted by molar-refractivity contribution is -0.131. The minimum Gasteiger partial charge on any atom is -0.506 e. The largest absolute Gasteiger partial charge is 0.506 e. The fourth-order valence-electron chi connectivity index (χ4n) is 2.91. The van der Waals surface area contributed by atoms with E-state index in [2.05, 4.69) is 37.2 Å². The third kappa shape index (κ3) is 8.01. The van der Waals surface area contributed by atoms with Gasteiger partial charge in [-0.3, -0.25) is 5.32 Å². The van der Waals surface area contributed by atoms with E-state index in [1.54, 1.807) is 43.3 Å². The summed E-state index contributed by atoms with van der Waals surface area (Å²) in [5, 5.41) is 22.1. The Hall–Kier alpha value is -2.36. The van der Waals surface area contributed by atoms with E-state index in [4.69, 9.17) is 14.6 Å². The van der Waals surface area contributed by atoms with Gasteiger partial charge in [0.05, 0.1) is 10.6 Å². The van der Waals surface area contributed by atoms with Gasteiger partial charge >= 0.3 is 12.1 Å². The first-order valence-electron chi connectivity index (χ1n) is 9.53. The van der Waals surface area contributed by atoms with Gasteiger partial charge in [0.15, 0.2) is 6.10 Å². The first-order valence-corrected chi connectivity index (χ1v) is 11.1. The molecule has 2 atom stereocenters. The molecule has 0 aliphatic carbocycles. The molecule has 9 heteroatoms. The third-order valence-corrected chi connectivity index (χ3v) is 5.28. The molecule has 7 nitrogen and oxygen atoms in total. The molecular weight excluding hydrogens is 534 g/mol. The summed E-state index contributed by atoms with van der Waals surface area (Å²) in [7, 11) is 0. The number of phenolic OH excluding ortho intramolecular Hbond substituents is 1. The van der Waals surface area contributed by atoms with E-state index in [0.717, 1.165) is 6.08 Å². The number of para-hydroxylation sites is 1. The van der Waals surface area contributed by atoms with Gasteiger partial charge in [-0.2, -0.15) is 0 Å². The summed E-state index contributed by atoms with van der Waals surface area (Å²) in [5.74, 6) is -1.12. The first-order chi connectivity index (χ1) is 14.8. The number of carbonyl (C=O) groups is 2. The number of rotatable bonds is 10. The monoisotopic (exact) mass is 555 g/mol. The number of aromatic hydroxyl groups is 1. The van der Waals surface area contributed by atoms with Crippen molar-refractivity contribution in [3.05, 3.63) is 69.1 Å². The normalized spacial score (nSPS) is 13.0. The van der Waals surface area contributed by atoms with Crippen LogP contribution < -0.4 is 5.32 Å². The van der Waals surface area contributed by atoms with Crippen LogP contribution in [0.25, 0.3) is 0 Å². The van der Waals surface area contributed by atoms with E-state index in [0.29, 0.717) is 39.6 Å². The third-order valence-electron chi connectivity index (χ3n) is 4.22. The number of hydrogen-bond acceptors (Lipinski definition) is 5. The topological polar surface area (TPSA) is 105 Å². The van der Waals surface area contributed by atoms with E-state index in [-0.39, 0.29) is 5.75 Å². The summed E-state index contributed by atoms with van der Waals surface area (Å²) in [6, 6.07) is 12.2. The molecule has 0 spiro atoms. The second-order valence-corrected chi connectivity index (χ2v) is 8.22.